The van der Waals surface area contributed by atoms with Crippen LogP contribution in [0.3, 0.4) is 0 Å². The zero-order chi connectivity index (χ0) is 50.2. The van der Waals surface area contributed by atoms with Gasteiger partial charge in [-0.25, -0.2) is 0 Å². The van der Waals surface area contributed by atoms with Gasteiger partial charge in [0.15, 0.2) is 0 Å². The molecule has 1 saturated carbocycles. The average Bonchev–Trinajstić information content (AvgIpc) is 3.91. The average molecular weight is 998 g/mol. The van der Waals surface area contributed by atoms with Gasteiger partial charge in [0.1, 0.15) is 28.7 Å². The number of nitrogens with one attached hydrogen (secondary N) is 2. The lowest BCUT2D eigenvalue weighted by Crippen LogP contribution is -2.64. The molecule has 2 aromatic heterocycles. The lowest BCUT2D eigenvalue weighted by molar-refractivity contribution is -0.189. The smallest absolute Gasteiger partial charge is 0.310 e. The van der Waals surface area contributed by atoms with Crippen LogP contribution >= 0.6 is 22.9 Å². The molecule has 24 heteroatoms. The number of carbonyl (C=O) groups excluding carboxylic acids is 7. The molecular formula is C46H44ClN9O13S. The number of halogens is 1. The van der Waals surface area contributed by atoms with Gasteiger partial charge >= 0.3 is 11.9 Å². The van der Waals surface area contributed by atoms with Gasteiger partial charge in [-0.05, 0) is 57.0 Å². The highest BCUT2D eigenvalue weighted by molar-refractivity contribution is 7.15. The van der Waals surface area contributed by atoms with Crippen LogP contribution in [0, 0.1) is 44.4 Å². The molecule has 3 fully saturated rings. The summed E-state index contributed by atoms with van der Waals surface area (Å²) in [4.78, 5) is 130. The highest BCUT2D eigenvalue weighted by Gasteiger charge is 2.61. The fraction of sp³-hybridized carbons (Fsp3) is 0.391. The molecule has 22 nitrogen and oxygen atoms in total. The van der Waals surface area contributed by atoms with E-state index in [0.29, 0.717) is 32.8 Å². The Balaban J connectivity index is 0.968. The number of carbonyl (C=O) groups is 9. The number of anilines is 1. The quantitative estimate of drug-likeness (QED) is 0.133. The molecule has 8 unspecified atom stereocenters. The van der Waals surface area contributed by atoms with E-state index in [0.717, 1.165) is 21.0 Å². The van der Waals surface area contributed by atoms with Crippen molar-refractivity contribution in [2.45, 2.75) is 64.3 Å². The number of nitrogens with zero attached hydrogens (tertiary/aromatic N) is 7. The Labute approximate surface area is 405 Å². The Bertz CT molecular complexity index is 2980. The molecule has 0 bridgehead atoms. The third-order valence-electron chi connectivity index (χ3n) is 13.8. The van der Waals surface area contributed by atoms with Crippen molar-refractivity contribution in [2.24, 2.45) is 28.7 Å². The number of rotatable bonds is 8. The van der Waals surface area contributed by atoms with Crippen LogP contribution in [0.4, 0.5) is 5.69 Å². The molecule has 2 saturated heterocycles. The largest absolute Gasteiger partial charge is 0.481 e. The number of aliphatic hydroxyl groups is 2. The molecule has 6 N–H and O–H groups in total. The molecule has 70 heavy (non-hydrogen) atoms. The number of hydrogen-bond donors (Lipinski definition) is 6. The summed E-state index contributed by atoms with van der Waals surface area (Å²) in [6.45, 7) is 5.19. The molecule has 0 spiro atoms. The van der Waals surface area contributed by atoms with Gasteiger partial charge in [-0.15, -0.1) is 21.5 Å². The SMILES string of the molecule is Cc1sc2c(c1C)/C(c1ccc(Cl)cc1)=N\C(C(=O)N1CCN(C(=O)C3C(O)C(O)C(C(=O)O)C(C(=O)Nc4cccc5c4C(=O)N(C4CCC(=O)NC4=O)C5=O)C3C(=O)O)CC1)Cc1nnc(C)n1-2. The van der Waals surface area contributed by atoms with E-state index in [-0.39, 0.29) is 56.7 Å². The Morgan fingerprint density at radius 2 is 1.43 bits per heavy atom. The highest BCUT2D eigenvalue weighted by Crippen LogP contribution is 2.43. The van der Waals surface area contributed by atoms with Gasteiger partial charge in [-0.3, -0.25) is 62.9 Å². The zero-order valence-corrected chi connectivity index (χ0v) is 39.1. The molecule has 9 rings (SSSR count). The minimum atomic E-state index is -2.36. The Morgan fingerprint density at radius 3 is 2.07 bits per heavy atom. The number of piperazine rings is 1. The van der Waals surface area contributed by atoms with Crippen LogP contribution < -0.4 is 10.6 Å². The van der Waals surface area contributed by atoms with E-state index in [4.69, 9.17) is 16.6 Å². The van der Waals surface area contributed by atoms with E-state index < -0.39 is 107 Å². The van der Waals surface area contributed by atoms with Crippen LogP contribution in [-0.2, 0) is 40.0 Å². The summed E-state index contributed by atoms with van der Waals surface area (Å²) in [5.74, 6) is -17.9. The number of aliphatic imine (C=N–C) groups is 1. The number of benzene rings is 2. The van der Waals surface area contributed by atoms with E-state index in [1.54, 1.807) is 23.5 Å². The van der Waals surface area contributed by atoms with Gasteiger partial charge in [0, 0.05) is 60.0 Å². The number of carboxylic acids is 2. The molecule has 4 aliphatic heterocycles. The summed E-state index contributed by atoms with van der Waals surface area (Å²) in [5.41, 5.74) is 1.96. The number of aryl methyl sites for hydroxylation is 2. The zero-order valence-electron chi connectivity index (χ0n) is 37.5. The normalized spacial score (nSPS) is 26.3. The van der Waals surface area contributed by atoms with E-state index in [1.165, 1.54) is 28.0 Å². The number of hydrogen-bond acceptors (Lipinski definition) is 15. The van der Waals surface area contributed by atoms with Gasteiger partial charge in [-0.1, -0.05) is 29.8 Å². The van der Waals surface area contributed by atoms with E-state index in [1.807, 2.05) is 37.5 Å². The second-order valence-electron chi connectivity index (χ2n) is 17.7. The third kappa shape index (κ3) is 8.00. The van der Waals surface area contributed by atoms with Crippen molar-refractivity contribution < 1.29 is 63.6 Å². The predicted molar refractivity (Wildman–Crippen MR) is 244 cm³/mol. The summed E-state index contributed by atoms with van der Waals surface area (Å²) in [5, 5.41) is 58.2. The molecule has 6 heterocycles. The fourth-order valence-electron chi connectivity index (χ4n) is 10.2. The molecule has 364 valence electrons. The van der Waals surface area contributed by atoms with Crippen LogP contribution in [0.5, 0.6) is 0 Å². The van der Waals surface area contributed by atoms with Gasteiger partial charge < -0.3 is 35.5 Å². The minimum absolute atomic E-state index is 0.0559. The molecule has 5 aliphatic rings. The van der Waals surface area contributed by atoms with E-state index in [9.17, 15) is 63.6 Å². The maximum atomic E-state index is 14.6. The number of aliphatic carboxylic acids is 2. The minimum Gasteiger partial charge on any atom is -0.481 e. The number of carboxylic acid groups (broad SMARTS) is 2. The number of thiophene rings is 1. The van der Waals surface area contributed by atoms with Crippen molar-refractivity contribution >= 4 is 87.6 Å². The van der Waals surface area contributed by atoms with Crippen molar-refractivity contribution in [1.82, 2.24) is 34.8 Å². The fourth-order valence-corrected chi connectivity index (χ4v) is 11.5. The molecule has 2 aromatic carbocycles. The highest BCUT2D eigenvalue weighted by atomic mass is 35.5. The first-order valence-corrected chi connectivity index (χ1v) is 23.4. The Hall–Kier alpha value is -7.21. The summed E-state index contributed by atoms with van der Waals surface area (Å²) in [6, 6.07) is 8.35. The lowest BCUT2D eigenvalue weighted by Gasteiger charge is -2.46. The van der Waals surface area contributed by atoms with Gasteiger partial charge in [0.2, 0.25) is 29.5 Å². The molecule has 8 atom stereocenters. The number of aliphatic hydroxyl groups excluding tert-OH is 2. The Kier molecular flexibility index (Phi) is 12.5. The monoisotopic (exact) mass is 997 g/mol. The van der Waals surface area contributed by atoms with Gasteiger partial charge in [0.25, 0.3) is 11.8 Å². The topological polar surface area (TPSA) is 311 Å². The third-order valence-corrected chi connectivity index (χ3v) is 15.2. The van der Waals surface area contributed by atoms with Crippen molar-refractivity contribution in [3.05, 3.63) is 91.8 Å². The molecule has 0 radical (unpaired) electrons. The Morgan fingerprint density at radius 1 is 0.786 bits per heavy atom. The molecule has 4 aromatic rings. The van der Waals surface area contributed by atoms with Crippen LogP contribution in [0.25, 0.3) is 5.00 Å². The summed E-state index contributed by atoms with van der Waals surface area (Å²) >= 11 is 7.81. The van der Waals surface area contributed by atoms with Crippen LogP contribution in [0.2, 0.25) is 5.02 Å². The van der Waals surface area contributed by atoms with Crippen molar-refractivity contribution in [1.29, 1.82) is 0 Å². The van der Waals surface area contributed by atoms with Crippen LogP contribution in [0.1, 0.15) is 66.8 Å². The first kappa shape index (κ1) is 47.8. The maximum Gasteiger partial charge on any atom is 0.310 e. The van der Waals surface area contributed by atoms with Crippen molar-refractivity contribution in [3.8, 4) is 5.00 Å². The van der Waals surface area contributed by atoms with Crippen molar-refractivity contribution in [2.75, 3.05) is 31.5 Å². The van der Waals surface area contributed by atoms with Crippen molar-refractivity contribution in [3.63, 3.8) is 0 Å². The second kappa shape index (κ2) is 18.3. The summed E-state index contributed by atoms with van der Waals surface area (Å²) < 4.78 is 1.91. The number of imide groups is 2. The predicted octanol–water partition coefficient (Wildman–Crippen LogP) is 0.750. The number of aromatic nitrogens is 3. The first-order valence-electron chi connectivity index (χ1n) is 22.2. The number of amides is 7. The molecule has 1 aliphatic carbocycles. The lowest BCUT2D eigenvalue weighted by atomic mass is 9.62. The summed E-state index contributed by atoms with van der Waals surface area (Å²) in [7, 11) is 0. The van der Waals surface area contributed by atoms with E-state index in [2.05, 4.69) is 20.8 Å². The van der Waals surface area contributed by atoms with E-state index >= 15 is 0 Å². The molecular weight excluding hydrogens is 954 g/mol. The maximum absolute atomic E-state index is 14.6. The van der Waals surface area contributed by atoms with Gasteiger partial charge in [0.05, 0.1) is 58.4 Å². The second-order valence-corrected chi connectivity index (χ2v) is 19.4. The summed E-state index contributed by atoms with van der Waals surface area (Å²) in [6.07, 6.45) is -4.95. The standard InChI is InChI=1S/C46H44ClN9O13S/c1-18-19(2)70-44-29(18)35(21-7-9-22(47)10-8-21)48-25(17-27-52-51-20(3)55(27)44)41(63)53-13-15-54(16-14-53)42(64)33-32(45(66)67)31(34(46(68)69)37(59)36(33)58)39(61)49-24-6-4-5-23-30(24)43(65)56(40(23)62)26-11-12-28(57)50-38(26)60/h4-10,25-26,31-34,36-37,58-59H,11-17H2,1-3H3,(H,49,61)(H,66,67)(H,68,69)(H,50,57,60)/b48-35-. The van der Waals surface area contributed by atoms with Gasteiger partial charge in [-0.2, -0.15) is 0 Å². The first-order chi connectivity index (χ1) is 33.3. The van der Waals surface area contributed by atoms with Crippen LogP contribution in [-0.4, -0.2) is 159 Å². The number of piperidine rings is 1. The number of fused-ring (bicyclic) bond motifs is 4. The van der Waals surface area contributed by atoms with Crippen LogP contribution in [0.15, 0.2) is 47.5 Å². The molecule has 7 amide bonds.